The molecule has 0 aliphatic carbocycles. The minimum absolute atomic E-state index is 0.621. The van der Waals surface area contributed by atoms with Crippen molar-refractivity contribution in [2.45, 2.75) is 30.8 Å². The minimum atomic E-state index is -3.35. The van der Waals surface area contributed by atoms with Crippen LogP contribution in [0.3, 0.4) is 0 Å². The van der Waals surface area contributed by atoms with Crippen LogP contribution in [0.5, 0.6) is 0 Å². The first kappa shape index (κ1) is 13.5. The lowest BCUT2D eigenvalue weighted by Gasteiger charge is -2.21. The maximum absolute atomic E-state index is 12.0. The Labute approximate surface area is 105 Å². The molecule has 1 aromatic rings. The molecule has 5 heteroatoms. The molecule has 0 heterocycles. The number of benzene rings is 1. The van der Waals surface area contributed by atoms with Crippen molar-refractivity contribution in [2.24, 2.45) is 0 Å². The fourth-order valence-electron chi connectivity index (χ4n) is 1.03. The van der Waals surface area contributed by atoms with Gasteiger partial charge in [0.1, 0.15) is 0 Å². The second kappa shape index (κ2) is 4.75. The van der Waals surface area contributed by atoms with Gasteiger partial charge in [-0.05, 0) is 32.4 Å². The van der Waals surface area contributed by atoms with Crippen LogP contribution in [0.4, 0.5) is 5.69 Å². The third-order valence-electron chi connectivity index (χ3n) is 2.21. The lowest BCUT2D eigenvalue weighted by Crippen LogP contribution is -2.33. The molecule has 3 nitrogen and oxygen atoms in total. The SMILES string of the molecule is CC(C)(C)S(=O)(=O)Nc1ccccc1CBr. The number of hydrogen-bond donors (Lipinski definition) is 1. The topological polar surface area (TPSA) is 46.2 Å². The average Bonchev–Trinajstić information content (AvgIpc) is 2.16. The van der Waals surface area contributed by atoms with E-state index in [1.807, 2.05) is 18.2 Å². The molecule has 0 radical (unpaired) electrons. The van der Waals surface area contributed by atoms with Gasteiger partial charge < -0.3 is 0 Å². The maximum atomic E-state index is 12.0. The molecular weight excluding hydrogens is 290 g/mol. The second-order valence-electron chi connectivity index (χ2n) is 4.51. The third-order valence-corrected chi connectivity index (χ3v) is 4.92. The number of para-hydroxylation sites is 1. The van der Waals surface area contributed by atoms with Crippen LogP contribution in [-0.2, 0) is 15.4 Å². The third kappa shape index (κ3) is 2.98. The average molecular weight is 306 g/mol. The highest BCUT2D eigenvalue weighted by Gasteiger charge is 2.29. The number of sulfonamides is 1. The fraction of sp³-hybridized carbons (Fsp3) is 0.455. The molecule has 0 bridgehead atoms. The summed E-state index contributed by atoms with van der Waals surface area (Å²) in [6.45, 7) is 5.02. The number of halogens is 1. The van der Waals surface area contributed by atoms with E-state index in [4.69, 9.17) is 0 Å². The summed E-state index contributed by atoms with van der Waals surface area (Å²) in [7, 11) is -3.35. The molecule has 0 saturated carbocycles. The molecule has 0 spiro atoms. The Morgan fingerprint density at radius 3 is 2.31 bits per heavy atom. The Kier molecular flexibility index (Phi) is 4.02. The quantitative estimate of drug-likeness (QED) is 0.872. The molecule has 0 aliphatic heterocycles. The summed E-state index contributed by atoms with van der Waals surface area (Å²) in [5, 5.41) is 0.621. The van der Waals surface area contributed by atoms with E-state index in [9.17, 15) is 8.42 Å². The number of alkyl halides is 1. The smallest absolute Gasteiger partial charge is 0.237 e. The zero-order valence-electron chi connectivity index (χ0n) is 9.62. The van der Waals surface area contributed by atoms with Crippen LogP contribution >= 0.6 is 15.9 Å². The van der Waals surface area contributed by atoms with E-state index in [0.29, 0.717) is 11.0 Å². The maximum Gasteiger partial charge on any atom is 0.237 e. The molecule has 0 saturated heterocycles. The zero-order chi connectivity index (χ0) is 12.4. The van der Waals surface area contributed by atoms with Crippen molar-refractivity contribution < 1.29 is 8.42 Å². The van der Waals surface area contributed by atoms with Gasteiger partial charge in [0.2, 0.25) is 10.0 Å². The summed E-state index contributed by atoms with van der Waals surface area (Å²) >= 11 is 3.33. The Morgan fingerprint density at radius 2 is 1.81 bits per heavy atom. The lowest BCUT2D eigenvalue weighted by molar-refractivity contribution is 0.566. The second-order valence-corrected chi connectivity index (χ2v) is 7.51. The first-order valence-corrected chi connectivity index (χ1v) is 7.54. The van der Waals surface area contributed by atoms with Crippen LogP contribution in [-0.4, -0.2) is 13.2 Å². The van der Waals surface area contributed by atoms with Crippen LogP contribution in [0.25, 0.3) is 0 Å². The molecule has 0 atom stereocenters. The lowest BCUT2D eigenvalue weighted by atomic mass is 10.2. The summed E-state index contributed by atoms with van der Waals surface area (Å²) in [5.74, 6) is 0. The predicted octanol–water partition coefficient (Wildman–Crippen LogP) is 3.12. The number of hydrogen-bond acceptors (Lipinski definition) is 2. The highest BCUT2D eigenvalue weighted by atomic mass is 79.9. The van der Waals surface area contributed by atoms with E-state index in [1.54, 1.807) is 26.8 Å². The molecule has 90 valence electrons. The van der Waals surface area contributed by atoms with E-state index in [0.717, 1.165) is 5.56 Å². The first-order valence-electron chi connectivity index (χ1n) is 4.94. The first-order chi connectivity index (χ1) is 7.28. The van der Waals surface area contributed by atoms with Crippen molar-refractivity contribution in [3.05, 3.63) is 29.8 Å². The van der Waals surface area contributed by atoms with Crippen molar-refractivity contribution >= 4 is 31.6 Å². The largest absolute Gasteiger partial charge is 0.283 e. The van der Waals surface area contributed by atoms with Crippen molar-refractivity contribution in [3.8, 4) is 0 Å². The van der Waals surface area contributed by atoms with Gasteiger partial charge in [-0.1, -0.05) is 34.1 Å². The van der Waals surface area contributed by atoms with Crippen molar-refractivity contribution in [1.82, 2.24) is 0 Å². The van der Waals surface area contributed by atoms with Gasteiger partial charge in [0.25, 0.3) is 0 Å². The number of anilines is 1. The molecule has 1 N–H and O–H groups in total. The van der Waals surface area contributed by atoms with Gasteiger partial charge in [0.15, 0.2) is 0 Å². The molecule has 0 aromatic heterocycles. The van der Waals surface area contributed by atoms with Crippen molar-refractivity contribution in [2.75, 3.05) is 4.72 Å². The fourth-order valence-corrected chi connectivity index (χ4v) is 2.32. The van der Waals surface area contributed by atoms with Crippen LogP contribution in [0.1, 0.15) is 26.3 Å². The zero-order valence-corrected chi connectivity index (χ0v) is 12.0. The van der Waals surface area contributed by atoms with E-state index in [2.05, 4.69) is 20.7 Å². The normalized spacial score (nSPS) is 12.5. The van der Waals surface area contributed by atoms with E-state index in [1.165, 1.54) is 0 Å². The van der Waals surface area contributed by atoms with Crippen LogP contribution in [0.15, 0.2) is 24.3 Å². The summed E-state index contributed by atoms with van der Waals surface area (Å²) in [6.07, 6.45) is 0. The molecular formula is C11H16BrNO2S. The summed E-state index contributed by atoms with van der Waals surface area (Å²) in [5.41, 5.74) is 1.56. The Bertz CT molecular complexity index is 463. The minimum Gasteiger partial charge on any atom is -0.283 e. The van der Waals surface area contributed by atoms with Crippen molar-refractivity contribution in [3.63, 3.8) is 0 Å². The molecule has 0 unspecified atom stereocenters. The highest BCUT2D eigenvalue weighted by Crippen LogP contribution is 2.23. The van der Waals surface area contributed by atoms with Gasteiger partial charge in [0.05, 0.1) is 10.4 Å². The van der Waals surface area contributed by atoms with Crippen LogP contribution in [0, 0.1) is 0 Å². The van der Waals surface area contributed by atoms with Gasteiger partial charge in [-0.2, -0.15) is 0 Å². The van der Waals surface area contributed by atoms with E-state index < -0.39 is 14.8 Å². The van der Waals surface area contributed by atoms with Gasteiger partial charge in [-0.15, -0.1) is 0 Å². The Morgan fingerprint density at radius 1 is 1.25 bits per heavy atom. The summed E-state index contributed by atoms with van der Waals surface area (Å²) in [4.78, 5) is 0. The van der Waals surface area contributed by atoms with Crippen LogP contribution < -0.4 is 4.72 Å². The molecule has 0 amide bonds. The summed E-state index contributed by atoms with van der Waals surface area (Å²) < 4.78 is 25.7. The molecule has 1 rings (SSSR count). The highest BCUT2D eigenvalue weighted by molar-refractivity contribution is 9.08. The molecule has 0 fully saturated rings. The number of nitrogens with one attached hydrogen (secondary N) is 1. The Hall–Kier alpha value is -0.550. The van der Waals surface area contributed by atoms with Gasteiger partial charge >= 0.3 is 0 Å². The summed E-state index contributed by atoms with van der Waals surface area (Å²) in [6, 6.07) is 7.34. The molecule has 0 aliphatic rings. The van der Waals surface area contributed by atoms with Crippen LogP contribution in [0.2, 0.25) is 0 Å². The van der Waals surface area contributed by atoms with Gasteiger partial charge in [-0.3, -0.25) is 4.72 Å². The molecule has 16 heavy (non-hydrogen) atoms. The molecule has 1 aromatic carbocycles. The number of rotatable bonds is 3. The monoisotopic (exact) mass is 305 g/mol. The van der Waals surface area contributed by atoms with E-state index >= 15 is 0 Å². The van der Waals surface area contributed by atoms with Crippen molar-refractivity contribution in [1.29, 1.82) is 0 Å². The van der Waals surface area contributed by atoms with E-state index in [-0.39, 0.29) is 0 Å². The van der Waals surface area contributed by atoms with Gasteiger partial charge in [-0.25, -0.2) is 8.42 Å². The predicted molar refractivity (Wildman–Crippen MR) is 71.4 cm³/mol. The standard InChI is InChI=1S/C11H16BrNO2S/c1-11(2,3)16(14,15)13-10-7-5-4-6-9(10)8-12/h4-7,13H,8H2,1-3H3. The Balaban J connectivity index is 3.06. The van der Waals surface area contributed by atoms with Gasteiger partial charge in [0, 0.05) is 5.33 Å².